The number of carbonyl (C=O) groups is 1. The first kappa shape index (κ1) is 12.9. The third kappa shape index (κ3) is 2.02. The Balaban J connectivity index is 2.06. The van der Waals surface area contributed by atoms with Gasteiger partial charge < -0.3 is 25.2 Å². The van der Waals surface area contributed by atoms with Crippen LogP contribution in [0.1, 0.15) is 15.9 Å². The van der Waals surface area contributed by atoms with Crippen molar-refractivity contribution >= 4 is 11.9 Å². The number of rotatable bonds is 1. The zero-order valence-electron chi connectivity index (χ0n) is 10.6. The molecule has 0 spiro atoms. The number of Topliss-reactive ketones (excluding diaryl/α,β-unsaturated/α-hetero) is 1. The fraction of sp³-hybridized carbons (Fsp3) is 0. The molecule has 0 aromatic heterocycles. The molecule has 0 bridgehead atoms. The van der Waals surface area contributed by atoms with Crippen LogP contribution in [0.15, 0.2) is 36.1 Å². The molecule has 2 aromatic rings. The van der Waals surface area contributed by atoms with Crippen LogP contribution in [0.2, 0.25) is 0 Å². The second-order valence-electron chi connectivity index (χ2n) is 4.50. The van der Waals surface area contributed by atoms with Crippen molar-refractivity contribution in [1.29, 1.82) is 0 Å². The minimum Gasteiger partial charge on any atom is -0.508 e. The second-order valence-corrected chi connectivity index (χ2v) is 4.50. The minimum atomic E-state index is -0.606. The summed E-state index contributed by atoms with van der Waals surface area (Å²) in [5.74, 6) is -2.56. The number of fused-ring (bicyclic) bond motifs is 1. The van der Waals surface area contributed by atoms with E-state index >= 15 is 0 Å². The molecule has 1 heterocycles. The molecule has 0 fully saturated rings. The van der Waals surface area contributed by atoms with Crippen molar-refractivity contribution in [3.05, 3.63) is 47.2 Å². The van der Waals surface area contributed by atoms with Gasteiger partial charge in [-0.1, -0.05) is 12.1 Å². The molecule has 0 saturated heterocycles. The van der Waals surface area contributed by atoms with Crippen LogP contribution >= 0.6 is 0 Å². The molecule has 6 nitrogen and oxygen atoms in total. The van der Waals surface area contributed by atoms with Gasteiger partial charge in [-0.2, -0.15) is 0 Å². The highest BCUT2D eigenvalue weighted by molar-refractivity contribution is 6.17. The summed E-state index contributed by atoms with van der Waals surface area (Å²) in [6, 6.07) is 6.90. The van der Waals surface area contributed by atoms with Gasteiger partial charge >= 0.3 is 0 Å². The predicted octanol–water partition coefficient (Wildman–Crippen LogP) is 2.13. The van der Waals surface area contributed by atoms with Crippen molar-refractivity contribution < 1.29 is 30.0 Å². The molecular formula is C15H10O6. The molecule has 0 radical (unpaired) electrons. The number of phenols is 4. The SMILES string of the molecule is O=C1/C(=C/c2ccc(O)cc2)Oc2c(O)c(O)cc(O)c21. The second kappa shape index (κ2) is 4.45. The van der Waals surface area contributed by atoms with Crippen LogP contribution in [0, 0.1) is 0 Å². The Bertz CT molecular complexity index is 774. The largest absolute Gasteiger partial charge is 0.508 e. The normalized spacial score (nSPS) is 15.0. The first-order chi connectivity index (χ1) is 9.97. The van der Waals surface area contributed by atoms with E-state index in [0.717, 1.165) is 6.07 Å². The minimum absolute atomic E-state index is 0.0827. The summed E-state index contributed by atoms with van der Waals surface area (Å²) in [6.45, 7) is 0. The van der Waals surface area contributed by atoms with Crippen molar-refractivity contribution in [1.82, 2.24) is 0 Å². The van der Waals surface area contributed by atoms with Gasteiger partial charge in [0, 0.05) is 6.07 Å². The number of phenolic OH excluding ortho intramolecular Hbond substituents is 4. The number of benzene rings is 2. The maximum Gasteiger partial charge on any atom is 0.235 e. The smallest absolute Gasteiger partial charge is 0.235 e. The number of allylic oxidation sites excluding steroid dienone is 1. The fourth-order valence-corrected chi connectivity index (χ4v) is 2.04. The Kier molecular flexibility index (Phi) is 2.72. The molecule has 0 aliphatic carbocycles. The highest BCUT2D eigenvalue weighted by Crippen LogP contribution is 2.48. The standard InChI is InChI=1S/C15H10O6/c16-8-3-1-7(2-4-8)5-11-14(20)12-9(17)6-10(18)13(19)15(12)21-11/h1-6,16-19H/b11-5-. The molecule has 1 aliphatic heterocycles. The Morgan fingerprint density at radius 2 is 1.62 bits per heavy atom. The average molecular weight is 286 g/mol. The van der Waals surface area contributed by atoms with Gasteiger partial charge in [-0.15, -0.1) is 0 Å². The molecule has 0 unspecified atom stereocenters. The molecule has 0 amide bonds. The van der Waals surface area contributed by atoms with Crippen LogP contribution < -0.4 is 4.74 Å². The molecule has 4 N–H and O–H groups in total. The van der Waals surface area contributed by atoms with Crippen molar-refractivity contribution in [2.75, 3.05) is 0 Å². The van der Waals surface area contributed by atoms with E-state index in [1.54, 1.807) is 12.1 Å². The first-order valence-electron chi connectivity index (χ1n) is 5.98. The van der Waals surface area contributed by atoms with Crippen LogP contribution in [0.5, 0.6) is 28.7 Å². The Morgan fingerprint density at radius 1 is 0.952 bits per heavy atom. The van der Waals surface area contributed by atoms with E-state index in [1.165, 1.54) is 18.2 Å². The molecule has 21 heavy (non-hydrogen) atoms. The molecule has 106 valence electrons. The topological polar surface area (TPSA) is 107 Å². The third-order valence-corrected chi connectivity index (χ3v) is 3.07. The van der Waals surface area contributed by atoms with Crippen molar-refractivity contribution in [3.8, 4) is 28.7 Å². The van der Waals surface area contributed by atoms with Gasteiger partial charge in [-0.25, -0.2) is 0 Å². The molecule has 2 aromatic carbocycles. The summed E-state index contributed by atoms with van der Waals surface area (Å²) >= 11 is 0. The van der Waals surface area contributed by atoms with Gasteiger partial charge in [0.05, 0.1) is 0 Å². The number of hydrogen-bond donors (Lipinski definition) is 4. The molecule has 0 saturated carbocycles. The molecule has 1 aliphatic rings. The number of hydrogen-bond acceptors (Lipinski definition) is 6. The first-order valence-corrected chi connectivity index (χ1v) is 5.98. The summed E-state index contributed by atoms with van der Waals surface area (Å²) in [5.41, 5.74) is 0.391. The molecule has 6 heteroatoms. The van der Waals surface area contributed by atoms with Gasteiger partial charge in [0.15, 0.2) is 17.3 Å². The van der Waals surface area contributed by atoms with Crippen LogP contribution in [0.4, 0.5) is 0 Å². The lowest BCUT2D eigenvalue weighted by Gasteiger charge is -2.04. The molecule has 0 atom stereocenters. The van der Waals surface area contributed by atoms with Crippen LogP contribution in [-0.4, -0.2) is 26.2 Å². The van der Waals surface area contributed by atoms with E-state index in [-0.39, 0.29) is 22.8 Å². The van der Waals surface area contributed by atoms with Crippen molar-refractivity contribution in [3.63, 3.8) is 0 Å². The van der Waals surface area contributed by atoms with Gasteiger partial charge in [-0.3, -0.25) is 4.79 Å². The number of ketones is 1. The highest BCUT2D eigenvalue weighted by Gasteiger charge is 2.34. The fourth-order valence-electron chi connectivity index (χ4n) is 2.04. The summed E-state index contributed by atoms with van der Waals surface area (Å²) in [6.07, 6.45) is 1.40. The van der Waals surface area contributed by atoms with E-state index < -0.39 is 23.0 Å². The van der Waals surface area contributed by atoms with Crippen molar-refractivity contribution in [2.45, 2.75) is 0 Å². The summed E-state index contributed by atoms with van der Waals surface area (Å²) in [5, 5.41) is 38.0. The lowest BCUT2D eigenvalue weighted by Crippen LogP contribution is -1.98. The Labute approximate surface area is 118 Å². The maximum atomic E-state index is 12.2. The zero-order valence-corrected chi connectivity index (χ0v) is 10.6. The monoisotopic (exact) mass is 286 g/mol. The van der Waals surface area contributed by atoms with E-state index in [0.29, 0.717) is 5.56 Å². The predicted molar refractivity (Wildman–Crippen MR) is 72.5 cm³/mol. The van der Waals surface area contributed by atoms with Crippen molar-refractivity contribution in [2.24, 2.45) is 0 Å². The van der Waals surface area contributed by atoms with Gasteiger partial charge in [0.25, 0.3) is 0 Å². The Morgan fingerprint density at radius 3 is 2.29 bits per heavy atom. The van der Waals surface area contributed by atoms with E-state index in [4.69, 9.17) is 4.74 Å². The van der Waals surface area contributed by atoms with Gasteiger partial charge in [-0.05, 0) is 23.8 Å². The molecular weight excluding hydrogens is 276 g/mol. The summed E-state index contributed by atoms with van der Waals surface area (Å²) < 4.78 is 5.22. The molecule has 3 rings (SSSR count). The quantitative estimate of drug-likeness (QED) is 0.363. The number of ether oxygens (including phenoxy) is 1. The lowest BCUT2D eigenvalue weighted by atomic mass is 10.1. The van der Waals surface area contributed by atoms with Crippen LogP contribution in [0.25, 0.3) is 6.08 Å². The lowest BCUT2D eigenvalue weighted by molar-refractivity contribution is 0.101. The van der Waals surface area contributed by atoms with Gasteiger partial charge in [0.2, 0.25) is 11.5 Å². The van der Waals surface area contributed by atoms with Crippen LogP contribution in [-0.2, 0) is 0 Å². The summed E-state index contributed by atoms with van der Waals surface area (Å²) in [4.78, 5) is 12.2. The summed E-state index contributed by atoms with van der Waals surface area (Å²) in [7, 11) is 0. The average Bonchev–Trinajstić information content (AvgIpc) is 2.77. The highest BCUT2D eigenvalue weighted by atomic mass is 16.5. The maximum absolute atomic E-state index is 12.2. The third-order valence-electron chi connectivity index (χ3n) is 3.07. The Hall–Kier alpha value is -3.15. The number of carbonyl (C=O) groups excluding carboxylic acids is 1. The van der Waals surface area contributed by atoms with E-state index in [9.17, 15) is 25.2 Å². The van der Waals surface area contributed by atoms with E-state index in [1.807, 2.05) is 0 Å². The zero-order chi connectivity index (χ0) is 15.1. The number of aromatic hydroxyl groups is 4. The van der Waals surface area contributed by atoms with Crippen LogP contribution in [0.3, 0.4) is 0 Å². The van der Waals surface area contributed by atoms with E-state index in [2.05, 4.69) is 0 Å². The van der Waals surface area contributed by atoms with Gasteiger partial charge in [0.1, 0.15) is 17.1 Å².